The van der Waals surface area contributed by atoms with Crippen LogP contribution in [0, 0.1) is 10.1 Å². The van der Waals surface area contributed by atoms with Gasteiger partial charge in [-0.3, -0.25) is 10.1 Å². The summed E-state index contributed by atoms with van der Waals surface area (Å²) >= 11 is 6.33. The van der Waals surface area contributed by atoms with E-state index < -0.39 is 4.92 Å². The van der Waals surface area contributed by atoms with Gasteiger partial charge < -0.3 is 29.7 Å². The number of anilines is 5. The van der Waals surface area contributed by atoms with Gasteiger partial charge in [-0.1, -0.05) is 11.6 Å². The Hall–Kier alpha value is -3.83. The fourth-order valence-electron chi connectivity index (χ4n) is 3.47. The molecule has 11 nitrogen and oxygen atoms in total. The minimum Gasteiger partial charge on any atom is -0.495 e. The third-order valence-electron chi connectivity index (χ3n) is 5.20. The molecule has 0 spiro atoms. The predicted molar refractivity (Wildman–Crippen MR) is 129 cm³/mol. The third kappa shape index (κ3) is 5.21. The van der Waals surface area contributed by atoms with Crippen LogP contribution in [0.2, 0.25) is 5.02 Å². The summed E-state index contributed by atoms with van der Waals surface area (Å²) in [4.78, 5) is 21.5. The molecule has 34 heavy (non-hydrogen) atoms. The molecule has 2 aromatic carbocycles. The van der Waals surface area contributed by atoms with E-state index in [1.807, 2.05) is 18.2 Å². The summed E-state index contributed by atoms with van der Waals surface area (Å²) in [7, 11) is 3.06. The molecule has 12 heteroatoms. The van der Waals surface area contributed by atoms with Gasteiger partial charge in [0.05, 0.1) is 49.9 Å². The first kappa shape index (κ1) is 23.3. The number of hydrogen-bond acceptors (Lipinski definition) is 10. The van der Waals surface area contributed by atoms with E-state index in [-0.39, 0.29) is 16.7 Å². The zero-order valence-corrected chi connectivity index (χ0v) is 19.3. The van der Waals surface area contributed by atoms with Crippen LogP contribution in [-0.4, -0.2) is 55.4 Å². The number of rotatable bonds is 8. The average molecular weight is 487 g/mol. The highest BCUT2D eigenvalue weighted by molar-refractivity contribution is 6.33. The quantitative estimate of drug-likeness (QED) is 0.350. The molecule has 2 N–H and O–H groups in total. The van der Waals surface area contributed by atoms with Crippen molar-refractivity contribution in [3.05, 3.63) is 57.7 Å². The molecule has 1 saturated heterocycles. The van der Waals surface area contributed by atoms with E-state index in [1.165, 1.54) is 31.5 Å². The zero-order chi connectivity index (χ0) is 24.1. The van der Waals surface area contributed by atoms with Crippen LogP contribution in [0.15, 0.2) is 42.6 Å². The number of benzene rings is 2. The Balaban J connectivity index is 1.58. The molecule has 1 aliphatic heterocycles. The number of non-ortho nitro benzene ring substituents is 1. The summed E-state index contributed by atoms with van der Waals surface area (Å²) < 4.78 is 16.3. The Morgan fingerprint density at radius 2 is 1.82 bits per heavy atom. The maximum Gasteiger partial charge on any atom is 0.271 e. The molecule has 2 heterocycles. The molecule has 1 fully saturated rings. The highest BCUT2D eigenvalue weighted by Crippen LogP contribution is 2.35. The normalized spacial score (nSPS) is 13.3. The number of morpholine rings is 1. The lowest BCUT2D eigenvalue weighted by Gasteiger charge is -2.29. The standard InChI is InChI=1S/C22H23ClN6O5/c1-32-19-6-4-15(29(30)31)11-18(19)26-22-24-13-16(23)21(27-22)25-17-5-3-14(12-20(17)33-2)28-7-9-34-10-8-28/h3-6,11-13H,7-10H2,1-2H3,(H2,24,25,26,27). The minimum atomic E-state index is -0.493. The van der Waals surface area contributed by atoms with Crippen LogP contribution < -0.4 is 25.0 Å². The van der Waals surface area contributed by atoms with Crippen molar-refractivity contribution >= 4 is 46.1 Å². The van der Waals surface area contributed by atoms with Gasteiger partial charge in [0, 0.05) is 37.0 Å². The van der Waals surface area contributed by atoms with Crippen molar-refractivity contribution in [3.8, 4) is 11.5 Å². The molecule has 0 unspecified atom stereocenters. The Kier molecular flexibility index (Phi) is 7.14. The van der Waals surface area contributed by atoms with E-state index in [0.29, 0.717) is 41.9 Å². The molecule has 1 aliphatic rings. The van der Waals surface area contributed by atoms with Gasteiger partial charge in [-0.2, -0.15) is 4.98 Å². The second-order valence-electron chi connectivity index (χ2n) is 7.27. The fraction of sp³-hybridized carbons (Fsp3) is 0.273. The number of methoxy groups -OCH3 is 2. The van der Waals surface area contributed by atoms with Crippen LogP contribution in [-0.2, 0) is 4.74 Å². The third-order valence-corrected chi connectivity index (χ3v) is 5.48. The maximum atomic E-state index is 11.1. The van der Waals surface area contributed by atoms with Gasteiger partial charge in [0.2, 0.25) is 5.95 Å². The molecule has 0 saturated carbocycles. The lowest BCUT2D eigenvalue weighted by Crippen LogP contribution is -2.36. The molecule has 178 valence electrons. The summed E-state index contributed by atoms with van der Waals surface area (Å²) in [5.41, 5.74) is 1.94. The Morgan fingerprint density at radius 3 is 2.53 bits per heavy atom. The molecule has 1 aromatic heterocycles. The Labute approximate surface area is 200 Å². The molecule has 0 amide bonds. The van der Waals surface area contributed by atoms with Crippen LogP contribution in [0.4, 0.5) is 34.5 Å². The Morgan fingerprint density at radius 1 is 1.06 bits per heavy atom. The van der Waals surface area contributed by atoms with Crippen molar-refractivity contribution in [2.24, 2.45) is 0 Å². The highest BCUT2D eigenvalue weighted by atomic mass is 35.5. The average Bonchev–Trinajstić information content (AvgIpc) is 2.86. The summed E-state index contributed by atoms with van der Waals surface area (Å²) in [5.74, 6) is 1.53. The number of halogens is 1. The SMILES string of the molecule is COc1ccc([N+](=O)[O-])cc1Nc1ncc(Cl)c(Nc2ccc(N3CCOCC3)cc2OC)n1. The number of aromatic nitrogens is 2. The largest absolute Gasteiger partial charge is 0.495 e. The number of ether oxygens (including phenoxy) is 3. The highest BCUT2D eigenvalue weighted by Gasteiger charge is 2.16. The van der Waals surface area contributed by atoms with Gasteiger partial charge in [-0.15, -0.1) is 0 Å². The first-order valence-electron chi connectivity index (χ1n) is 10.4. The first-order chi connectivity index (χ1) is 16.5. The predicted octanol–water partition coefficient (Wildman–Crippen LogP) is 4.38. The minimum absolute atomic E-state index is 0.0966. The van der Waals surface area contributed by atoms with Crippen LogP contribution in [0.3, 0.4) is 0 Å². The van der Waals surface area contributed by atoms with E-state index in [1.54, 1.807) is 7.11 Å². The van der Waals surface area contributed by atoms with Gasteiger partial charge in [0.25, 0.3) is 5.69 Å². The van der Waals surface area contributed by atoms with Crippen molar-refractivity contribution in [2.45, 2.75) is 0 Å². The van der Waals surface area contributed by atoms with Crippen molar-refractivity contribution in [3.63, 3.8) is 0 Å². The monoisotopic (exact) mass is 486 g/mol. The van der Waals surface area contributed by atoms with E-state index >= 15 is 0 Å². The van der Waals surface area contributed by atoms with Crippen LogP contribution >= 0.6 is 11.6 Å². The van der Waals surface area contributed by atoms with Gasteiger partial charge >= 0.3 is 0 Å². The molecule has 0 radical (unpaired) electrons. The molecule has 0 bridgehead atoms. The summed E-state index contributed by atoms with van der Waals surface area (Å²) in [6.45, 7) is 2.99. The van der Waals surface area contributed by atoms with Gasteiger partial charge in [0.1, 0.15) is 16.5 Å². The number of nitrogens with one attached hydrogen (secondary N) is 2. The van der Waals surface area contributed by atoms with Crippen LogP contribution in [0.1, 0.15) is 0 Å². The molecule has 4 rings (SSSR count). The van der Waals surface area contributed by atoms with E-state index in [0.717, 1.165) is 18.8 Å². The molecule has 3 aromatic rings. The summed E-state index contributed by atoms with van der Waals surface area (Å²) in [6.07, 6.45) is 1.43. The number of hydrogen-bond donors (Lipinski definition) is 2. The first-order valence-corrected chi connectivity index (χ1v) is 10.8. The zero-order valence-electron chi connectivity index (χ0n) is 18.6. The van der Waals surface area contributed by atoms with Crippen molar-refractivity contribution in [2.75, 3.05) is 56.1 Å². The second kappa shape index (κ2) is 10.4. The van der Waals surface area contributed by atoms with E-state index in [2.05, 4.69) is 25.5 Å². The van der Waals surface area contributed by atoms with Crippen LogP contribution in [0.5, 0.6) is 11.5 Å². The summed E-state index contributed by atoms with van der Waals surface area (Å²) in [5, 5.41) is 17.6. The molecule has 0 atom stereocenters. The maximum absolute atomic E-state index is 11.1. The smallest absolute Gasteiger partial charge is 0.271 e. The van der Waals surface area contributed by atoms with E-state index in [9.17, 15) is 10.1 Å². The number of nitro groups is 1. The van der Waals surface area contributed by atoms with Crippen molar-refractivity contribution in [1.82, 2.24) is 9.97 Å². The Bertz CT molecular complexity index is 1190. The number of nitro benzene ring substituents is 1. The molecule has 0 aliphatic carbocycles. The van der Waals surface area contributed by atoms with Gasteiger partial charge in [0.15, 0.2) is 5.82 Å². The van der Waals surface area contributed by atoms with Crippen molar-refractivity contribution < 1.29 is 19.1 Å². The topological polar surface area (TPSA) is 124 Å². The number of nitrogens with zero attached hydrogens (tertiary/aromatic N) is 4. The lowest BCUT2D eigenvalue weighted by atomic mass is 10.2. The summed E-state index contributed by atoms with van der Waals surface area (Å²) in [6, 6.07) is 10.0. The molecular weight excluding hydrogens is 464 g/mol. The van der Waals surface area contributed by atoms with Crippen LogP contribution in [0.25, 0.3) is 0 Å². The lowest BCUT2D eigenvalue weighted by molar-refractivity contribution is -0.384. The fourth-order valence-corrected chi connectivity index (χ4v) is 3.61. The molecular formula is C22H23ClN6O5. The van der Waals surface area contributed by atoms with Crippen molar-refractivity contribution in [1.29, 1.82) is 0 Å². The second-order valence-corrected chi connectivity index (χ2v) is 7.67. The van der Waals surface area contributed by atoms with Gasteiger partial charge in [-0.05, 0) is 18.2 Å². The van der Waals surface area contributed by atoms with E-state index in [4.69, 9.17) is 25.8 Å². The van der Waals surface area contributed by atoms with Gasteiger partial charge in [-0.25, -0.2) is 4.98 Å².